The van der Waals surface area contributed by atoms with Gasteiger partial charge in [0.25, 0.3) is 0 Å². The molecule has 0 radical (unpaired) electrons. The lowest BCUT2D eigenvalue weighted by atomic mass is 10.1. The van der Waals surface area contributed by atoms with E-state index in [0.29, 0.717) is 11.6 Å². The van der Waals surface area contributed by atoms with Gasteiger partial charge in [0.2, 0.25) is 5.88 Å². The maximum absolute atomic E-state index is 13.0. The summed E-state index contributed by atoms with van der Waals surface area (Å²) in [7, 11) is 0. The largest absolute Gasteiger partial charge is 0.439 e. The van der Waals surface area contributed by atoms with Gasteiger partial charge in [-0.15, -0.1) is 0 Å². The van der Waals surface area contributed by atoms with Crippen LogP contribution in [0.15, 0.2) is 36.5 Å². The summed E-state index contributed by atoms with van der Waals surface area (Å²) in [6.45, 7) is 1.87. The molecule has 2 aromatic rings. The molecular formula is C13H12ClFN2O. The van der Waals surface area contributed by atoms with Crippen molar-refractivity contribution >= 4 is 11.6 Å². The first kappa shape index (κ1) is 12.8. The monoisotopic (exact) mass is 266 g/mol. The first-order chi connectivity index (χ1) is 8.56. The van der Waals surface area contributed by atoms with Crippen molar-refractivity contribution in [2.24, 2.45) is 5.73 Å². The summed E-state index contributed by atoms with van der Waals surface area (Å²) in [4.78, 5) is 4.05. The third-order valence-corrected chi connectivity index (χ3v) is 2.69. The molecule has 1 heterocycles. The van der Waals surface area contributed by atoms with Crippen LogP contribution in [0.4, 0.5) is 4.39 Å². The fraction of sp³-hybridized carbons (Fsp3) is 0.154. The summed E-state index contributed by atoms with van der Waals surface area (Å²) in [5, 5.41) is 0.0100. The van der Waals surface area contributed by atoms with E-state index in [2.05, 4.69) is 4.98 Å². The van der Waals surface area contributed by atoms with Crippen LogP contribution >= 0.6 is 11.6 Å². The maximum atomic E-state index is 13.0. The molecule has 3 nitrogen and oxygen atoms in total. The van der Waals surface area contributed by atoms with Crippen molar-refractivity contribution in [3.05, 3.63) is 52.9 Å². The third-order valence-electron chi connectivity index (χ3n) is 2.40. The summed E-state index contributed by atoms with van der Waals surface area (Å²) in [6, 6.07) is 7.58. The summed E-state index contributed by atoms with van der Waals surface area (Å²) >= 11 is 5.67. The van der Waals surface area contributed by atoms with Crippen LogP contribution in [0.25, 0.3) is 0 Å². The molecule has 5 heteroatoms. The number of pyridine rings is 1. The topological polar surface area (TPSA) is 48.1 Å². The number of aromatic nitrogens is 1. The molecule has 2 N–H and O–H groups in total. The Morgan fingerprint density at radius 3 is 2.78 bits per heavy atom. The Hall–Kier alpha value is -1.65. The van der Waals surface area contributed by atoms with Gasteiger partial charge in [-0.2, -0.15) is 0 Å². The van der Waals surface area contributed by atoms with Gasteiger partial charge in [-0.05, 0) is 30.7 Å². The number of nitrogens with two attached hydrogens (primary N) is 1. The minimum Gasteiger partial charge on any atom is -0.439 e. The second-order valence-electron chi connectivity index (χ2n) is 3.89. The van der Waals surface area contributed by atoms with Gasteiger partial charge in [-0.25, -0.2) is 9.37 Å². The molecule has 0 aliphatic heterocycles. The fourth-order valence-electron chi connectivity index (χ4n) is 1.42. The van der Waals surface area contributed by atoms with Crippen LogP contribution in [0.5, 0.6) is 11.6 Å². The fourth-order valence-corrected chi connectivity index (χ4v) is 1.60. The van der Waals surface area contributed by atoms with Crippen LogP contribution in [0.1, 0.15) is 18.5 Å². The normalized spacial score (nSPS) is 12.2. The quantitative estimate of drug-likeness (QED) is 0.922. The predicted octanol–water partition coefficient (Wildman–Crippen LogP) is 3.69. The van der Waals surface area contributed by atoms with Gasteiger partial charge in [0.15, 0.2) is 0 Å². The SMILES string of the molecule is C[C@@H](N)c1ccnc(Oc2ccc(F)c(Cl)c2)c1. The van der Waals surface area contributed by atoms with Crippen LogP contribution < -0.4 is 10.5 Å². The van der Waals surface area contributed by atoms with E-state index in [1.165, 1.54) is 18.2 Å². The molecule has 1 aromatic carbocycles. The second kappa shape index (κ2) is 5.33. The van der Waals surface area contributed by atoms with Gasteiger partial charge in [0.1, 0.15) is 11.6 Å². The van der Waals surface area contributed by atoms with Crippen molar-refractivity contribution in [3.8, 4) is 11.6 Å². The Morgan fingerprint density at radius 2 is 2.11 bits per heavy atom. The summed E-state index contributed by atoms with van der Waals surface area (Å²) in [5.41, 5.74) is 6.68. The Balaban J connectivity index is 2.23. The molecule has 1 atom stereocenters. The first-order valence-electron chi connectivity index (χ1n) is 5.40. The molecule has 0 aliphatic rings. The van der Waals surface area contributed by atoms with Gasteiger partial charge in [0.05, 0.1) is 5.02 Å². The number of rotatable bonds is 3. The van der Waals surface area contributed by atoms with Crippen LogP contribution in [0.2, 0.25) is 5.02 Å². The number of nitrogens with zero attached hydrogens (tertiary/aromatic N) is 1. The van der Waals surface area contributed by atoms with Crippen molar-refractivity contribution in [1.29, 1.82) is 0 Å². The molecule has 94 valence electrons. The highest BCUT2D eigenvalue weighted by molar-refractivity contribution is 6.30. The lowest BCUT2D eigenvalue weighted by molar-refractivity contribution is 0.460. The molecule has 0 saturated carbocycles. The van der Waals surface area contributed by atoms with Gasteiger partial charge >= 0.3 is 0 Å². The predicted molar refractivity (Wildman–Crippen MR) is 68.3 cm³/mol. The van der Waals surface area contributed by atoms with Crippen LogP contribution in [0.3, 0.4) is 0 Å². The Bertz CT molecular complexity index is 560. The number of halogens is 2. The summed E-state index contributed by atoms with van der Waals surface area (Å²) < 4.78 is 18.5. The zero-order valence-corrected chi connectivity index (χ0v) is 10.5. The van der Waals surface area contributed by atoms with Crippen molar-refractivity contribution < 1.29 is 9.13 Å². The highest BCUT2D eigenvalue weighted by Gasteiger charge is 2.06. The van der Waals surface area contributed by atoms with E-state index < -0.39 is 5.82 Å². The highest BCUT2D eigenvalue weighted by atomic mass is 35.5. The van der Waals surface area contributed by atoms with E-state index in [0.717, 1.165) is 5.56 Å². The van der Waals surface area contributed by atoms with Gasteiger partial charge in [-0.1, -0.05) is 11.6 Å². The lowest BCUT2D eigenvalue weighted by Crippen LogP contribution is -2.05. The Kier molecular flexibility index (Phi) is 3.79. The van der Waals surface area contributed by atoms with E-state index in [4.69, 9.17) is 22.1 Å². The molecule has 18 heavy (non-hydrogen) atoms. The van der Waals surface area contributed by atoms with E-state index >= 15 is 0 Å². The molecule has 0 aliphatic carbocycles. The van der Waals surface area contributed by atoms with E-state index in [9.17, 15) is 4.39 Å². The number of hydrogen-bond acceptors (Lipinski definition) is 3. The van der Waals surface area contributed by atoms with Crippen molar-refractivity contribution in [3.63, 3.8) is 0 Å². The van der Waals surface area contributed by atoms with Crippen LogP contribution in [0, 0.1) is 5.82 Å². The van der Waals surface area contributed by atoms with Crippen LogP contribution in [-0.2, 0) is 0 Å². The molecule has 0 spiro atoms. The zero-order chi connectivity index (χ0) is 13.1. The summed E-state index contributed by atoms with van der Waals surface area (Å²) in [5.74, 6) is 0.338. The Morgan fingerprint density at radius 1 is 1.33 bits per heavy atom. The van der Waals surface area contributed by atoms with Gasteiger partial charge in [0, 0.05) is 24.4 Å². The second-order valence-corrected chi connectivity index (χ2v) is 4.30. The van der Waals surface area contributed by atoms with E-state index in [1.54, 1.807) is 12.3 Å². The zero-order valence-electron chi connectivity index (χ0n) is 9.73. The average Bonchev–Trinajstić information content (AvgIpc) is 2.34. The molecule has 0 fully saturated rings. The average molecular weight is 267 g/mol. The molecule has 0 amide bonds. The Labute approximate surface area is 109 Å². The molecule has 0 unspecified atom stereocenters. The smallest absolute Gasteiger partial charge is 0.219 e. The minimum absolute atomic E-state index is 0.0100. The van der Waals surface area contributed by atoms with E-state index in [1.807, 2.05) is 13.0 Å². The standard InChI is InChI=1S/C13H12ClFN2O/c1-8(16)9-4-5-17-13(6-9)18-10-2-3-12(15)11(14)7-10/h2-8H,16H2,1H3/t8-/m1/s1. The lowest BCUT2D eigenvalue weighted by Gasteiger charge is -2.09. The highest BCUT2D eigenvalue weighted by Crippen LogP contribution is 2.25. The van der Waals surface area contributed by atoms with Crippen molar-refractivity contribution in [2.75, 3.05) is 0 Å². The minimum atomic E-state index is -0.485. The molecule has 0 bridgehead atoms. The molecule has 0 saturated heterocycles. The van der Waals surface area contributed by atoms with Crippen LogP contribution in [-0.4, -0.2) is 4.98 Å². The van der Waals surface area contributed by atoms with Gasteiger partial charge in [-0.3, -0.25) is 0 Å². The number of benzene rings is 1. The maximum Gasteiger partial charge on any atom is 0.219 e. The molecular weight excluding hydrogens is 255 g/mol. The number of ether oxygens (including phenoxy) is 1. The first-order valence-corrected chi connectivity index (χ1v) is 5.78. The van der Waals surface area contributed by atoms with E-state index in [-0.39, 0.29) is 11.1 Å². The molecule has 1 aromatic heterocycles. The van der Waals surface area contributed by atoms with Gasteiger partial charge < -0.3 is 10.5 Å². The third kappa shape index (κ3) is 2.97. The molecule has 2 rings (SSSR count). The number of hydrogen-bond donors (Lipinski definition) is 1. The van der Waals surface area contributed by atoms with Crippen molar-refractivity contribution in [2.45, 2.75) is 13.0 Å². The summed E-state index contributed by atoms with van der Waals surface area (Å²) in [6.07, 6.45) is 1.61. The van der Waals surface area contributed by atoms with Crippen molar-refractivity contribution in [1.82, 2.24) is 4.98 Å².